The highest BCUT2D eigenvalue weighted by molar-refractivity contribution is 6.18. The molecule has 108 valence electrons. The molecule has 4 heteroatoms. The van der Waals surface area contributed by atoms with Crippen LogP contribution in [0.3, 0.4) is 0 Å². The SMILES string of the molecule is O=C1CC(CCl)CN1c1ccccc1Oc1ccccc1. The zero-order valence-corrected chi connectivity index (χ0v) is 12.3. The number of nitrogens with zero attached hydrogens (tertiary/aromatic N) is 1. The van der Waals surface area contributed by atoms with Crippen molar-refractivity contribution in [3.8, 4) is 11.5 Å². The third-order valence-corrected chi connectivity index (χ3v) is 3.99. The number of para-hydroxylation sites is 3. The van der Waals surface area contributed by atoms with Crippen LogP contribution < -0.4 is 9.64 Å². The van der Waals surface area contributed by atoms with Gasteiger partial charge in [0, 0.05) is 18.8 Å². The van der Waals surface area contributed by atoms with E-state index in [-0.39, 0.29) is 11.8 Å². The summed E-state index contributed by atoms with van der Waals surface area (Å²) in [5.74, 6) is 2.26. The maximum absolute atomic E-state index is 12.2. The van der Waals surface area contributed by atoms with Crippen molar-refractivity contribution in [2.45, 2.75) is 6.42 Å². The summed E-state index contributed by atoms with van der Waals surface area (Å²) in [4.78, 5) is 13.9. The van der Waals surface area contributed by atoms with Gasteiger partial charge in [-0.25, -0.2) is 0 Å². The average Bonchev–Trinajstić information content (AvgIpc) is 2.90. The minimum Gasteiger partial charge on any atom is -0.455 e. The smallest absolute Gasteiger partial charge is 0.227 e. The quantitative estimate of drug-likeness (QED) is 0.797. The lowest BCUT2D eigenvalue weighted by Gasteiger charge is -2.20. The first-order valence-electron chi connectivity index (χ1n) is 6.96. The van der Waals surface area contributed by atoms with Crippen LogP contribution in [0.25, 0.3) is 0 Å². The molecule has 3 rings (SSSR count). The van der Waals surface area contributed by atoms with Crippen molar-refractivity contribution >= 4 is 23.2 Å². The summed E-state index contributed by atoms with van der Waals surface area (Å²) in [6.07, 6.45) is 0.503. The fraction of sp³-hybridized carbons (Fsp3) is 0.235. The van der Waals surface area contributed by atoms with E-state index in [4.69, 9.17) is 16.3 Å². The maximum Gasteiger partial charge on any atom is 0.227 e. The minimum atomic E-state index is 0.102. The second-order valence-corrected chi connectivity index (χ2v) is 5.42. The molecule has 0 N–H and O–H groups in total. The molecule has 1 atom stereocenters. The highest BCUT2D eigenvalue weighted by Crippen LogP contribution is 2.35. The van der Waals surface area contributed by atoms with Crippen LogP contribution in [0.1, 0.15) is 6.42 Å². The van der Waals surface area contributed by atoms with E-state index in [9.17, 15) is 4.79 Å². The van der Waals surface area contributed by atoms with Crippen molar-refractivity contribution in [3.05, 3.63) is 54.6 Å². The molecule has 0 radical (unpaired) electrons. The molecule has 1 aliphatic heterocycles. The number of alkyl halides is 1. The monoisotopic (exact) mass is 301 g/mol. The normalized spacial score (nSPS) is 18.0. The van der Waals surface area contributed by atoms with E-state index in [1.807, 2.05) is 54.6 Å². The van der Waals surface area contributed by atoms with Crippen LogP contribution in [0.5, 0.6) is 11.5 Å². The van der Waals surface area contributed by atoms with Crippen LogP contribution >= 0.6 is 11.6 Å². The standard InChI is InChI=1S/C17H16ClNO2/c18-11-13-10-17(20)19(12-13)15-8-4-5-9-16(15)21-14-6-2-1-3-7-14/h1-9,13H,10-12H2. The molecule has 1 aliphatic rings. The summed E-state index contributed by atoms with van der Waals surface area (Å²) in [5, 5.41) is 0. The molecule has 0 spiro atoms. The molecular weight excluding hydrogens is 286 g/mol. The summed E-state index contributed by atoms with van der Waals surface area (Å²) >= 11 is 5.89. The Morgan fingerprint density at radius 3 is 2.52 bits per heavy atom. The predicted octanol–water partition coefficient (Wildman–Crippen LogP) is 4.07. The van der Waals surface area contributed by atoms with E-state index in [1.54, 1.807) is 4.90 Å². The van der Waals surface area contributed by atoms with Crippen molar-refractivity contribution in [1.29, 1.82) is 0 Å². The molecule has 0 aromatic heterocycles. The molecule has 21 heavy (non-hydrogen) atoms. The van der Waals surface area contributed by atoms with Crippen molar-refractivity contribution in [3.63, 3.8) is 0 Å². The first-order valence-corrected chi connectivity index (χ1v) is 7.49. The molecule has 3 nitrogen and oxygen atoms in total. The average molecular weight is 302 g/mol. The molecule has 2 aromatic rings. The number of amides is 1. The van der Waals surface area contributed by atoms with Crippen LogP contribution in [0.4, 0.5) is 5.69 Å². The van der Waals surface area contributed by atoms with E-state index in [0.29, 0.717) is 24.6 Å². The minimum absolute atomic E-state index is 0.102. The van der Waals surface area contributed by atoms with E-state index in [1.165, 1.54) is 0 Å². The largest absolute Gasteiger partial charge is 0.455 e. The topological polar surface area (TPSA) is 29.5 Å². The number of rotatable bonds is 4. The predicted molar refractivity (Wildman–Crippen MR) is 84.1 cm³/mol. The lowest BCUT2D eigenvalue weighted by atomic mass is 10.1. The highest BCUT2D eigenvalue weighted by atomic mass is 35.5. The van der Waals surface area contributed by atoms with Gasteiger partial charge >= 0.3 is 0 Å². The van der Waals surface area contributed by atoms with E-state index in [2.05, 4.69) is 0 Å². The van der Waals surface area contributed by atoms with Gasteiger partial charge in [0.1, 0.15) is 5.75 Å². The lowest BCUT2D eigenvalue weighted by molar-refractivity contribution is -0.117. The number of ether oxygens (including phenoxy) is 1. The van der Waals surface area contributed by atoms with E-state index < -0.39 is 0 Å². The Bertz CT molecular complexity index is 630. The number of carbonyl (C=O) groups is 1. The third kappa shape index (κ3) is 3.03. The van der Waals surface area contributed by atoms with Gasteiger partial charge in [-0.1, -0.05) is 30.3 Å². The second kappa shape index (κ2) is 6.19. The van der Waals surface area contributed by atoms with Crippen LogP contribution in [0.2, 0.25) is 0 Å². The zero-order valence-electron chi connectivity index (χ0n) is 11.5. The van der Waals surface area contributed by atoms with Gasteiger partial charge in [0.25, 0.3) is 0 Å². The van der Waals surface area contributed by atoms with E-state index in [0.717, 1.165) is 11.4 Å². The second-order valence-electron chi connectivity index (χ2n) is 5.11. The van der Waals surface area contributed by atoms with Gasteiger partial charge in [0.15, 0.2) is 5.75 Å². The van der Waals surface area contributed by atoms with E-state index >= 15 is 0 Å². The van der Waals surface area contributed by atoms with Gasteiger partial charge in [-0.05, 0) is 30.2 Å². The maximum atomic E-state index is 12.2. The van der Waals surface area contributed by atoms with Crippen molar-refractivity contribution < 1.29 is 9.53 Å². The zero-order chi connectivity index (χ0) is 14.7. The van der Waals surface area contributed by atoms with Crippen LogP contribution in [0.15, 0.2) is 54.6 Å². The first kappa shape index (κ1) is 14.0. The number of halogens is 1. The first-order chi connectivity index (χ1) is 10.3. The molecule has 0 aliphatic carbocycles. The molecule has 1 heterocycles. The molecule has 1 amide bonds. The fourth-order valence-electron chi connectivity index (χ4n) is 2.50. The third-order valence-electron chi connectivity index (χ3n) is 3.55. The number of hydrogen-bond donors (Lipinski definition) is 0. The molecule has 0 saturated carbocycles. The van der Waals surface area contributed by atoms with Gasteiger partial charge < -0.3 is 9.64 Å². The Morgan fingerprint density at radius 1 is 1.10 bits per heavy atom. The Balaban J connectivity index is 1.88. The van der Waals surface area contributed by atoms with Crippen LogP contribution in [-0.2, 0) is 4.79 Å². The summed E-state index contributed by atoms with van der Waals surface area (Å²) in [7, 11) is 0. The molecule has 1 fully saturated rings. The Labute approximate surface area is 129 Å². The highest BCUT2D eigenvalue weighted by Gasteiger charge is 2.31. The number of carbonyl (C=O) groups excluding carboxylic acids is 1. The Kier molecular flexibility index (Phi) is 4.11. The number of anilines is 1. The molecule has 1 saturated heterocycles. The molecular formula is C17H16ClNO2. The van der Waals surface area contributed by atoms with Crippen LogP contribution in [-0.4, -0.2) is 18.3 Å². The number of hydrogen-bond acceptors (Lipinski definition) is 2. The Morgan fingerprint density at radius 2 is 1.81 bits per heavy atom. The summed E-state index contributed by atoms with van der Waals surface area (Å²) in [6.45, 7) is 0.650. The van der Waals surface area contributed by atoms with Gasteiger partial charge in [0.05, 0.1) is 5.69 Å². The van der Waals surface area contributed by atoms with Gasteiger partial charge in [-0.3, -0.25) is 4.79 Å². The summed E-state index contributed by atoms with van der Waals surface area (Å²) in [5.41, 5.74) is 0.805. The molecule has 0 bridgehead atoms. The number of benzene rings is 2. The molecule has 2 aromatic carbocycles. The van der Waals surface area contributed by atoms with Crippen molar-refractivity contribution in [2.75, 3.05) is 17.3 Å². The Hall–Kier alpha value is -2.00. The van der Waals surface area contributed by atoms with Crippen molar-refractivity contribution in [1.82, 2.24) is 0 Å². The lowest BCUT2D eigenvalue weighted by Crippen LogP contribution is -2.25. The summed E-state index contributed by atoms with van der Waals surface area (Å²) < 4.78 is 5.91. The van der Waals surface area contributed by atoms with Gasteiger partial charge in [0.2, 0.25) is 5.91 Å². The van der Waals surface area contributed by atoms with Gasteiger partial charge in [-0.15, -0.1) is 11.6 Å². The summed E-state index contributed by atoms with van der Waals surface area (Å²) in [6, 6.07) is 17.2. The molecule has 1 unspecified atom stereocenters. The van der Waals surface area contributed by atoms with Crippen LogP contribution in [0, 0.1) is 5.92 Å². The fourth-order valence-corrected chi connectivity index (χ4v) is 2.71. The van der Waals surface area contributed by atoms with Gasteiger partial charge in [-0.2, -0.15) is 0 Å². The van der Waals surface area contributed by atoms with Crippen molar-refractivity contribution in [2.24, 2.45) is 5.92 Å².